The molecule has 0 aromatic heterocycles. The summed E-state index contributed by atoms with van der Waals surface area (Å²) in [5, 5.41) is 0. The van der Waals surface area contributed by atoms with Gasteiger partial charge in [0, 0.05) is 12.7 Å². The first-order valence-corrected chi connectivity index (χ1v) is 7.15. The van der Waals surface area contributed by atoms with Crippen LogP contribution in [-0.4, -0.2) is 13.7 Å². The molecule has 3 rings (SSSR count). The molecule has 2 nitrogen and oxygen atoms in total. The van der Waals surface area contributed by atoms with Gasteiger partial charge in [-0.05, 0) is 35.2 Å². The monoisotopic (exact) mass is 266 g/mol. The smallest absolute Gasteiger partial charge is 0.0950 e. The molecule has 0 spiro atoms. The van der Waals surface area contributed by atoms with E-state index >= 15 is 0 Å². The number of anilines is 3. The second kappa shape index (κ2) is 4.55. The van der Waals surface area contributed by atoms with E-state index in [9.17, 15) is 0 Å². The quantitative estimate of drug-likeness (QED) is 0.748. The second-order valence-corrected chi connectivity index (χ2v) is 6.55. The lowest BCUT2D eigenvalue weighted by atomic mass is 9.87. The van der Waals surface area contributed by atoms with E-state index in [1.165, 1.54) is 22.6 Å². The summed E-state index contributed by atoms with van der Waals surface area (Å²) < 4.78 is 0. The highest BCUT2D eigenvalue weighted by atomic mass is 15.4. The topological polar surface area (TPSA) is 6.48 Å². The Morgan fingerprint density at radius 1 is 0.850 bits per heavy atom. The predicted octanol–water partition coefficient (Wildman–Crippen LogP) is 4.53. The normalized spacial score (nSPS) is 14.6. The molecule has 1 aliphatic rings. The molecule has 0 fully saturated rings. The van der Waals surface area contributed by atoms with Gasteiger partial charge in [-0.3, -0.25) is 0 Å². The van der Waals surface area contributed by atoms with Crippen molar-refractivity contribution in [3.63, 3.8) is 0 Å². The SMILES string of the molecule is CN1CN(c2ccc(C(C)(C)C)cc2)c2ccccc21. The van der Waals surface area contributed by atoms with Gasteiger partial charge in [-0.2, -0.15) is 0 Å². The molecule has 0 N–H and O–H groups in total. The Kier molecular flexibility index (Phi) is 2.97. The van der Waals surface area contributed by atoms with Crippen LogP contribution in [0.1, 0.15) is 26.3 Å². The van der Waals surface area contributed by atoms with Gasteiger partial charge in [0.05, 0.1) is 18.0 Å². The van der Waals surface area contributed by atoms with Crippen LogP contribution in [0.5, 0.6) is 0 Å². The minimum absolute atomic E-state index is 0.207. The Labute approximate surface area is 121 Å². The molecular weight excluding hydrogens is 244 g/mol. The summed E-state index contributed by atoms with van der Waals surface area (Å²) in [4.78, 5) is 4.65. The molecule has 20 heavy (non-hydrogen) atoms. The maximum atomic E-state index is 2.36. The number of rotatable bonds is 1. The zero-order valence-corrected chi connectivity index (χ0v) is 12.7. The fourth-order valence-electron chi connectivity index (χ4n) is 2.74. The number of hydrogen-bond donors (Lipinski definition) is 0. The van der Waals surface area contributed by atoms with Crippen LogP contribution in [-0.2, 0) is 5.41 Å². The largest absolute Gasteiger partial charge is 0.355 e. The molecular formula is C18H22N2. The molecule has 0 radical (unpaired) electrons. The van der Waals surface area contributed by atoms with Crippen molar-refractivity contribution >= 4 is 17.1 Å². The zero-order chi connectivity index (χ0) is 14.3. The van der Waals surface area contributed by atoms with Crippen molar-refractivity contribution in [1.82, 2.24) is 0 Å². The maximum Gasteiger partial charge on any atom is 0.0950 e. The van der Waals surface area contributed by atoms with Crippen LogP contribution in [0.4, 0.5) is 17.1 Å². The van der Waals surface area contributed by atoms with Gasteiger partial charge in [0.2, 0.25) is 0 Å². The third-order valence-electron chi connectivity index (χ3n) is 3.98. The van der Waals surface area contributed by atoms with Crippen molar-refractivity contribution in [2.75, 3.05) is 23.5 Å². The minimum atomic E-state index is 0.207. The molecule has 0 atom stereocenters. The average molecular weight is 266 g/mol. The lowest BCUT2D eigenvalue weighted by molar-refractivity contribution is 0.590. The number of hydrogen-bond acceptors (Lipinski definition) is 2. The number of fused-ring (bicyclic) bond motifs is 1. The van der Waals surface area contributed by atoms with Crippen LogP contribution >= 0.6 is 0 Å². The van der Waals surface area contributed by atoms with E-state index in [4.69, 9.17) is 0 Å². The van der Waals surface area contributed by atoms with Crippen LogP contribution in [0.3, 0.4) is 0 Å². The molecule has 2 aromatic carbocycles. The summed E-state index contributed by atoms with van der Waals surface area (Å²) in [6.45, 7) is 7.66. The molecule has 2 aromatic rings. The highest BCUT2D eigenvalue weighted by molar-refractivity contribution is 5.81. The lowest BCUT2D eigenvalue weighted by Crippen LogP contribution is -2.24. The van der Waals surface area contributed by atoms with Gasteiger partial charge < -0.3 is 9.80 Å². The Hall–Kier alpha value is -1.96. The number of para-hydroxylation sites is 2. The third-order valence-corrected chi connectivity index (χ3v) is 3.98. The van der Waals surface area contributed by atoms with Gasteiger partial charge in [-0.15, -0.1) is 0 Å². The molecule has 2 heteroatoms. The Balaban J connectivity index is 1.95. The molecule has 0 saturated heterocycles. The van der Waals surface area contributed by atoms with Crippen molar-refractivity contribution in [3.05, 3.63) is 54.1 Å². The van der Waals surface area contributed by atoms with Crippen molar-refractivity contribution in [1.29, 1.82) is 0 Å². The van der Waals surface area contributed by atoms with E-state index in [0.29, 0.717) is 0 Å². The first-order chi connectivity index (χ1) is 9.47. The summed E-state index contributed by atoms with van der Waals surface area (Å²) in [6.07, 6.45) is 0. The lowest BCUT2D eigenvalue weighted by Gasteiger charge is -2.23. The van der Waals surface area contributed by atoms with E-state index in [1.807, 2.05) is 0 Å². The van der Waals surface area contributed by atoms with Crippen LogP contribution in [0, 0.1) is 0 Å². The number of nitrogens with zero attached hydrogens (tertiary/aromatic N) is 2. The molecule has 1 aliphatic heterocycles. The molecule has 0 saturated carbocycles. The summed E-state index contributed by atoms with van der Waals surface area (Å²) in [6, 6.07) is 17.5. The third kappa shape index (κ3) is 2.15. The van der Waals surface area contributed by atoms with Gasteiger partial charge in [-0.1, -0.05) is 45.0 Å². The van der Waals surface area contributed by atoms with Gasteiger partial charge in [0.1, 0.15) is 0 Å². The summed E-state index contributed by atoms with van der Waals surface area (Å²) in [5.74, 6) is 0. The Morgan fingerprint density at radius 2 is 1.45 bits per heavy atom. The Morgan fingerprint density at radius 3 is 2.05 bits per heavy atom. The molecule has 104 valence electrons. The molecule has 0 aliphatic carbocycles. The average Bonchev–Trinajstić information content (AvgIpc) is 2.76. The summed E-state index contributed by atoms with van der Waals surface area (Å²) >= 11 is 0. The Bertz CT molecular complexity index is 608. The summed E-state index contributed by atoms with van der Waals surface area (Å²) in [5.41, 5.74) is 5.43. The van der Waals surface area contributed by atoms with E-state index in [-0.39, 0.29) is 5.41 Å². The molecule has 0 bridgehead atoms. The second-order valence-electron chi connectivity index (χ2n) is 6.55. The highest BCUT2D eigenvalue weighted by Crippen LogP contribution is 2.39. The van der Waals surface area contributed by atoms with Gasteiger partial charge >= 0.3 is 0 Å². The highest BCUT2D eigenvalue weighted by Gasteiger charge is 2.24. The number of benzene rings is 2. The summed E-state index contributed by atoms with van der Waals surface area (Å²) in [7, 11) is 2.14. The maximum absolute atomic E-state index is 2.36. The van der Waals surface area contributed by atoms with Gasteiger partial charge in [-0.25, -0.2) is 0 Å². The standard InChI is InChI=1S/C18H22N2/c1-18(2,3)14-9-11-15(12-10-14)20-13-19(4)16-7-5-6-8-17(16)20/h5-12H,13H2,1-4H3. The zero-order valence-electron chi connectivity index (χ0n) is 12.7. The van der Waals surface area contributed by atoms with E-state index in [1.54, 1.807) is 0 Å². The van der Waals surface area contributed by atoms with Crippen LogP contribution < -0.4 is 9.80 Å². The van der Waals surface area contributed by atoms with Crippen molar-refractivity contribution in [2.24, 2.45) is 0 Å². The molecule has 0 amide bonds. The fourth-order valence-corrected chi connectivity index (χ4v) is 2.74. The van der Waals surface area contributed by atoms with E-state index < -0.39 is 0 Å². The van der Waals surface area contributed by atoms with Crippen molar-refractivity contribution in [3.8, 4) is 0 Å². The van der Waals surface area contributed by atoms with Crippen LogP contribution in [0.25, 0.3) is 0 Å². The molecule has 0 unspecified atom stereocenters. The first-order valence-electron chi connectivity index (χ1n) is 7.15. The predicted molar refractivity (Wildman–Crippen MR) is 87.0 cm³/mol. The first kappa shape index (κ1) is 13.0. The fraction of sp³-hybridized carbons (Fsp3) is 0.333. The van der Waals surface area contributed by atoms with Crippen LogP contribution in [0.2, 0.25) is 0 Å². The van der Waals surface area contributed by atoms with Crippen molar-refractivity contribution in [2.45, 2.75) is 26.2 Å². The van der Waals surface area contributed by atoms with Gasteiger partial charge in [0.25, 0.3) is 0 Å². The van der Waals surface area contributed by atoms with Gasteiger partial charge in [0.15, 0.2) is 0 Å². The minimum Gasteiger partial charge on any atom is -0.355 e. The van der Waals surface area contributed by atoms with Crippen LogP contribution in [0.15, 0.2) is 48.5 Å². The van der Waals surface area contributed by atoms with E-state index in [2.05, 4.69) is 86.1 Å². The van der Waals surface area contributed by atoms with E-state index in [0.717, 1.165) is 6.67 Å². The molecule has 1 heterocycles. The van der Waals surface area contributed by atoms with Crippen molar-refractivity contribution < 1.29 is 0 Å².